The number of carboxylic acids is 1. The van der Waals surface area contributed by atoms with Crippen LogP contribution in [-0.2, 0) is 23.9 Å². The van der Waals surface area contributed by atoms with Crippen LogP contribution in [0.2, 0.25) is 5.02 Å². The molecule has 4 N–H and O–H groups in total. The summed E-state index contributed by atoms with van der Waals surface area (Å²) in [5.74, 6) is 0.782. The first-order chi connectivity index (χ1) is 28.1. The van der Waals surface area contributed by atoms with Gasteiger partial charge >= 0.3 is 12.1 Å². The molecule has 16 heteroatoms. The van der Waals surface area contributed by atoms with Crippen LogP contribution in [0.15, 0.2) is 18.2 Å². The van der Waals surface area contributed by atoms with Crippen LogP contribution in [0.1, 0.15) is 84.0 Å². The van der Waals surface area contributed by atoms with Gasteiger partial charge in [-0.2, -0.15) is 0 Å². The molecule has 1 aromatic carbocycles. The monoisotopic (exact) mass is 827 g/mol. The zero-order valence-corrected chi connectivity index (χ0v) is 34.2. The fourth-order valence-corrected chi connectivity index (χ4v) is 9.26. The van der Waals surface area contributed by atoms with E-state index in [9.17, 15) is 19.2 Å². The van der Waals surface area contributed by atoms with Gasteiger partial charge in [-0.1, -0.05) is 43.7 Å². The summed E-state index contributed by atoms with van der Waals surface area (Å²) in [6, 6.07) is 3.41. The molecule has 15 nitrogen and oxygen atoms in total. The Morgan fingerprint density at radius 2 is 1.74 bits per heavy atom. The topological polar surface area (TPSA) is 192 Å². The normalized spacial score (nSPS) is 26.8. The molecule has 318 valence electrons. The number of nitrogens with zero attached hydrogens (tertiary/aromatic N) is 3. The number of aromatic nitrogens is 1. The first kappa shape index (κ1) is 42.1. The number of amides is 3. The van der Waals surface area contributed by atoms with Crippen LogP contribution in [0.4, 0.5) is 4.79 Å². The number of carbonyl (C=O) groups is 4. The molecule has 3 saturated carbocycles. The maximum atomic E-state index is 14.3. The molecular weight excluding hydrogens is 770 g/mol. The quantitative estimate of drug-likeness (QED) is 0.140. The van der Waals surface area contributed by atoms with Crippen molar-refractivity contribution in [3.63, 3.8) is 0 Å². The molecule has 3 heterocycles. The predicted octanol–water partition coefficient (Wildman–Crippen LogP) is 5.18. The molecule has 2 saturated heterocycles. The Morgan fingerprint density at radius 3 is 2.47 bits per heavy atom. The predicted molar refractivity (Wildman–Crippen MR) is 214 cm³/mol. The van der Waals surface area contributed by atoms with Crippen LogP contribution in [0.5, 0.6) is 17.4 Å². The van der Waals surface area contributed by atoms with E-state index in [-0.39, 0.29) is 30.9 Å². The highest BCUT2D eigenvalue weighted by Crippen LogP contribution is 2.52. The summed E-state index contributed by atoms with van der Waals surface area (Å²) in [5.41, 5.74) is 6.34. The van der Waals surface area contributed by atoms with Crippen molar-refractivity contribution in [2.24, 2.45) is 29.4 Å². The second kappa shape index (κ2) is 19.3. The number of aliphatic carboxylic acids is 1. The van der Waals surface area contributed by atoms with E-state index >= 15 is 0 Å². The highest BCUT2D eigenvalue weighted by atomic mass is 35.5. The first-order valence-corrected chi connectivity index (χ1v) is 21.6. The Bertz CT molecular complexity index is 1780. The standard InChI is InChI=1S/C42H58ClN5O10/c1-2-55-36-23-35(30-10-11-34(37(43)38(30)46-36)56-17-14-47-12-15-54-16-13-47)57-29-22-33(39(44)49)48(24-29)40(50)32(45-42(53)58-28-19-26-18-27(26)20-28)9-7-5-3-4-6-8-25-21-31(25)41(51)52/h10-11,23,25-29,31-33H,2-9,12-22,24H2,1H3,(H2,44,49)(H,45,53)(H,51,52)/t25-,26-,27+,28+,29-,31+,32+,33+/m1/s1. The van der Waals surface area contributed by atoms with Crippen molar-refractivity contribution in [2.75, 3.05) is 52.6 Å². The van der Waals surface area contributed by atoms with Gasteiger partial charge in [-0.3, -0.25) is 19.3 Å². The number of primary amides is 1. The van der Waals surface area contributed by atoms with Crippen molar-refractivity contribution in [1.29, 1.82) is 0 Å². The highest BCUT2D eigenvalue weighted by Gasteiger charge is 2.48. The molecular formula is C42H58ClN5O10. The second-order valence-corrected chi connectivity index (χ2v) is 17.0. The zero-order chi connectivity index (χ0) is 40.8. The molecule has 5 fully saturated rings. The molecule has 3 aliphatic carbocycles. The average molecular weight is 828 g/mol. The number of hydrogen-bond donors (Lipinski definition) is 3. The summed E-state index contributed by atoms with van der Waals surface area (Å²) in [6.07, 6.45) is 8.07. The molecule has 8 atom stereocenters. The highest BCUT2D eigenvalue weighted by molar-refractivity contribution is 6.36. The number of nitrogens with one attached hydrogen (secondary N) is 1. The third-order valence-electron chi connectivity index (χ3n) is 12.4. The summed E-state index contributed by atoms with van der Waals surface area (Å²) in [7, 11) is 0. The average Bonchev–Trinajstić information content (AvgIpc) is 4.06. The van der Waals surface area contributed by atoms with Gasteiger partial charge in [0.2, 0.25) is 17.7 Å². The Kier molecular flexibility index (Phi) is 14.0. The second-order valence-electron chi connectivity index (χ2n) is 16.6. The SMILES string of the molecule is CCOc1cc(O[C@@H]2C[C@@H](C(N)=O)N(C(=O)[C@H](CCCCCCC[C@@H]3C[C@@H]3C(=O)O)NC(=O)O[C@@H]3C[C@@H]4C[C@@H]4C3)C2)c2ccc(OCCN3CCOCC3)c(Cl)c2n1. The number of benzene rings is 1. The summed E-state index contributed by atoms with van der Waals surface area (Å²) >= 11 is 6.89. The summed E-state index contributed by atoms with van der Waals surface area (Å²) in [6.45, 7) is 6.53. The van der Waals surface area contributed by atoms with E-state index in [1.54, 1.807) is 12.1 Å². The third-order valence-corrected chi connectivity index (χ3v) is 12.8. The Hall–Kier alpha value is -4.08. The lowest BCUT2D eigenvalue weighted by atomic mass is 10.0. The minimum Gasteiger partial charge on any atom is -0.491 e. The van der Waals surface area contributed by atoms with Gasteiger partial charge in [0.05, 0.1) is 32.3 Å². The van der Waals surface area contributed by atoms with E-state index in [4.69, 9.17) is 46.1 Å². The molecule has 0 bridgehead atoms. The Labute approximate surface area is 344 Å². The zero-order valence-electron chi connectivity index (χ0n) is 33.4. The van der Waals surface area contributed by atoms with E-state index in [1.807, 2.05) is 13.0 Å². The Balaban J connectivity index is 1.00. The van der Waals surface area contributed by atoms with Crippen molar-refractivity contribution in [2.45, 2.75) is 108 Å². The summed E-state index contributed by atoms with van der Waals surface area (Å²) in [4.78, 5) is 59.9. The number of fused-ring (bicyclic) bond motifs is 2. The van der Waals surface area contributed by atoms with Crippen LogP contribution >= 0.6 is 11.6 Å². The number of halogens is 1. The summed E-state index contributed by atoms with van der Waals surface area (Å²) < 4.78 is 29.6. The lowest BCUT2D eigenvalue weighted by Gasteiger charge is -2.28. The minimum absolute atomic E-state index is 0.0639. The van der Waals surface area contributed by atoms with Crippen LogP contribution in [-0.4, -0.2) is 121 Å². The molecule has 0 spiro atoms. The van der Waals surface area contributed by atoms with Crippen LogP contribution < -0.4 is 25.3 Å². The molecule has 58 heavy (non-hydrogen) atoms. The van der Waals surface area contributed by atoms with Gasteiger partial charge in [-0.25, -0.2) is 9.78 Å². The third kappa shape index (κ3) is 10.7. The molecule has 0 unspecified atom stereocenters. The number of pyridine rings is 1. The van der Waals surface area contributed by atoms with E-state index in [2.05, 4.69) is 15.2 Å². The number of alkyl carbamates (subject to hydrolysis) is 1. The fourth-order valence-electron chi connectivity index (χ4n) is 9.00. The van der Waals surface area contributed by atoms with Gasteiger partial charge in [0.15, 0.2) is 0 Å². The number of carboxylic acid groups (broad SMARTS) is 1. The first-order valence-electron chi connectivity index (χ1n) is 21.2. The number of likely N-dealkylation sites (tertiary alicyclic amines) is 1. The largest absolute Gasteiger partial charge is 0.491 e. The maximum Gasteiger partial charge on any atom is 0.408 e. The smallest absolute Gasteiger partial charge is 0.408 e. The van der Waals surface area contributed by atoms with Crippen LogP contribution in [0.25, 0.3) is 10.9 Å². The van der Waals surface area contributed by atoms with E-state index in [1.165, 1.54) is 11.3 Å². The molecule has 5 aliphatic rings. The van der Waals surface area contributed by atoms with Gasteiger partial charge in [0, 0.05) is 37.5 Å². The number of ether oxygens (including phenoxy) is 5. The molecule has 1 aromatic heterocycles. The van der Waals surface area contributed by atoms with E-state index in [0.717, 1.165) is 71.0 Å². The van der Waals surface area contributed by atoms with E-state index in [0.29, 0.717) is 84.4 Å². The van der Waals surface area contributed by atoms with Gasteiger partial charge in [0.1, 0.15) is 52.9 Å². The van der Waals surface area contributed by atoms with Gasteiger partial charge < -0.3 is 44.7 Å². The van der Waals surface area contributed by atoms with Crippen molar-refractivity contribution in [3.8, 4) is 17.4 Å². The fraction of sp³-hybridized carbons (Fsp3) is 0.690. The van der Waals surface area contributed by atoms with Crippen molar-refractivity contribution < 1.29 is 48.0 Å². The lowest BCUT2D eigenvalue weighted by molar-refractivity contribution is -0.139. The minimum atomic E-state index is -0.952. The molecule has 3 amide bonds. The van der Waals surface area contributed by atoms with Gasteiger partial charge in [-0.15, -0.1) is 0 Å². The van der Waals surface area contributed by atoms with Crippen LogP contribution in [0, 0.1) is 23.7 Å². The van der Waals surface area contributed by atoms with E-state index < -0.39 is 42.1 Å². The van der Waals surface area contributed by atoms with Crippen LogP contribution in [0.3, 0.4) is 0 Å². The maximum absolute atomic E-state index is 14.3. The number of nitrogens with two attached hydrogens (primary N) is 1. The van der Waals surface area contributed by atoms with Gasteiger partial charge in [-0.05, 0) is 75.3 Å². The lowest BCUT2D eigenvalue weighted by Crippen LogP contribution is -2.53. The number of carbonyl (C=O) groups excluding carboxylic acids is 3. The Morgan fingerprint density at radius 1 is 0.983 bits per heavy atom. The number of unbranched alkanes of at least 4 members (excludes halogenated alkanes) is 4. The molecule has 2 aromatic rings. The number of rotatable bonds is 21. The van der Waals surface area contributed by atoms with Crippen molar-refractivity contribution in [3.05, 3.63) is 23.2 Å². The summed E-state index contributed by atoms with van der Waals surface area (Å²) in [5, 5.41) is 12.9. The number of morpholine rings is 1. The van der Waals surface area contributed by atoms with Crippen molar-refractivity contribution in [1.82, 2.24) is 20.1 Å². The number of hydrogen-bond acceptors (Lipinski definition) is 11. The molecule has 0 radical (unpaired) electrons. The molecule has 2 aliphatic heterocycles. The molecule has 7 rings (SSSR count). The van der Waals surface area contributed by atoms with Gasteiger partial charge in [0.25, 0.3) is 0 Å². The van der Waals surface area contributed by atoms with Crippen molar-refractivity contribution >= 4 is 46.4 Å².